The lowest BCUT2D eigenvalue weighted by molar-refractivity contribution is -0.121. The van der Waals surface area contributed by atoms with Crippen LogP contribution in [0.1, 0.15) is 37.7 Å². The van der Waals surface area contributed by atoms with Crippen LogP contribution in [0.4, 0.5) is 0 Å². The summed E-state index contributed by atoms with van der Waals surface area (Å²) in [6.07, 6.45) is 8.23. The van der Waals surface area contributed by atoms with Gasteiger partial charge in [0.25, 0.3) is 0 Å². The van der Waals surface area contributed by atoms with E-state index < -0.39 is 0 Å². The molecule has 0 unspecified atom stereocenters. The maximum Gasteiger partial charge on any atom is 0.220 e. The molecule has 1 saturated carbocycles. The lowest BCUT2D eigenvalue weighted by atomic mass is 10.1. The maximum absolute atomic E-state index is 11.9. The number of fused-ring (bicyclic) bond motifs is 1. The summed E-state index contributed by atoms with van der Waals surface area (Å²) in [5.41, 5.74) is 2.38. The molecule has 3 rings (SSSR count). The van der Waals surface area contributed by atoms with Crippen LogP contribution in [-0.2, 0) is 11.2 Å². The predicted molar refractivity (Wildman–Crippen MR) is 77.0 cm³/mol. The van der Waals surface area contributed by atoms with Crippen molar-refractivity contribution in [3.63, 3.8) is 0 Å². The van der Waals surface area contributed by atoms with Gasteiger partial charge >= 0.3 is 0 Å². The van der Waals surface area contributed by atoms with Crippen LogP contribution in [-0.4, -0.2) is 16.9 Å². The van der Waals surface area contributed by atoms with Gasteiger partial charge in [-0.2, -0.15) is 0 Å². The number of para-hydroxylation sites is 1. The molecule has 1 aliphatic rings. The minimum absolute atomic E-state index is 0.192. The van der Waals surface area contributed by atoms with Gasteiger partial charge in [0.2, 0.25) is 5.91 Å². The summed E-state index contributed by atoms with van der Waals surface area (Å²) < 4.78 is 0. The first-order valence-corrected chi connectivity index (χ1v) is 7.17. The van der Waals surface area contributed by atoms with Gasteiger partial charge in [0, 0.05) is 29.6 Å². The van der Waals surface area contributed by atoms with Gasteiger partial charge in [-0.15, -0.1) is 0 Å². The molecule has 1 fully saturated rings. The summed E-state index contributed by atoms with van der Waals surface area (Å²) in [6.45, 7) is 0. The molecule has 0 saturated heterocycles. The highest BCUT2D eigenvalue weighted by Gasteiger charge is 2.17. The van der Waals surface area contributed by atoms with Crippen LogP contribution in [0.2, 0.25) is 0 Å². The molecule has 1 heterocycles. The number of aromatic nitrogens is 1. The molecule has 1 aliphatic carbocycles. The Kier molecular flexibility index (Phi) is 3.53. The molecule has 1 aromatic heterocycles. The van der Waals surface area contributed by atoms with Crippen LogP contribution in [0.25, 0.3) is 10.9 Å². The van der Waals surface area contributed by atoms with E-state index in [2.05, 4.69) is 22.4 Å². The average molecular weight is 256 g/mol. The topological polar surface area (TPSA) is 44.9 Å². The van der Waals surface area contributed by atoms with E-state index in [1.54, 1.807) is 0 Å². The van der Waals surface area contributed by atoms with Gasteiger partial charge in [-0.1, -0.05) is 31.0 Å². The molecule has 100 valence electrons. The first kappa shape index (κ1) is 12.3. The van der Waals surface area contributed by atoms with E-state index in [4.69, 9.17) is 0 Å². The molecule has 0 spiro atoms. The molecule has 0 atom stereocenters. The lowest BCUT2D eigenvalue weighted by Crippen LogP contribution is -2.32. The van der Waals surface area contributed by atoms with Crippen molar-refractivity contribution >= 4 is 16.8 Å². The number of H-pyrrole nitrogens is 1. The minimum Gasteiger partial charge on any atom is -0.361 e. The molecule has 2 N–H and O–H groups in total. The van der Waals surface area contributed by atoms with Crippen molar-refractivity contribution in [2.45, 2.75) is 44.6 Å². The highest BCUT2D eigenvalue weighted by atomic mass is 16.1. The van der Waals surface area contributed by atoms with Gasteiger partial charge in [-0.3, -0.25) is 4.79 Å². The number of nitrogens with one attached hydrogen (secondary N) is 2. The van der Waals surface area contributed by atoms with Crippen LogP contribution in [0.15, 0.2) is 30.5 Å². The fourth-order valence-corrected chi connectivity index (χ4v) is 2.96. The minimum atomic E-state index is 0.192. The Morgan fingerprint density at radius 3 is 2.89 bits per heavy atom. The smallest absolute Gasteiger partial charge is 0.220 e. The van der Waals surface area contributed by atoms with Crippen LogP contribution in [0.3, 0.4) is 0 Å². The van der Waals surface area contributed by atoms with Crippen molar-refractivity contribution in [2.24, 2.45) is 0 Å². The van der Waals surface area contributed by atoms with E-state index >= 15 is 0 Å². The van der Waals surface area contributed by atoms with Gasteiger partial charge in [0.15, 0.2) is 0 Å². The fourth-order valence-electron chi connectivity index (χ4n) is 2.96. The molecule has 3 heteroatoms. The van der Waals surface area contributed by atoms with Crippen molar-refractivity contribution in [3.05, 3.63) is 36.0 Å². The highest BCUT2D eigenvalue weighted by molar-refractivity contribution is 5.84. The van der Waals surface area contributed by atoms with E-state index in [0.29, 0.717) is 12.5 Å². The summed E-state index contributed by atoms with van der Waals surface area (Å²) in [5, 5.41) is 4.37. The zero-order chi connectivity index (χ0) is 13.1. The SMILES string of the molecule is O=C(CCc1c[nH]c2ccccc12)NC1CCCC1. The summed E-state index contributed by atoms with van der Waals surface area (Å²) in [7, 11) is 0. The standard InChI is InChI=1S/C16H20N2O/c19-16(18-13-5-1-2-6-13)10-9-12-11-17-15-8-4-3-7-14(12)15/h3-4,7-8,11,13,17H,1-2,5-6,9-10H2,(H,18,19). The summed E-state index contributed by atoms with van der Waals surface area (Å²) in [4.78, 5) is 15.2. The number of aryl methyl sites for hydroxylation is 1. The Labute approximate surface area is 113 Å². The third-order valence-electron chi connectivity index (χ3n) is 4.02. The van der Waals surface area contributed by atoms with Crippen molar-refractivity contribution < 1.29 is 4.79 Å². The number of carbonyl (C=O) groups excluding carboxylic acids is 1. The number of benzene rings is 1. The summed E-state index contributed by atoms with van der Waals surface area (Å²) >= 11 is 0. The lowest BCUT2D eigenvalue weighted by Gasteiger charge is -2.11. The molecule has 0 radical (unpaired) electrons. The van der Waals surface area contributed by atoms with Gasteiger partial charge in [0.05, 0.1) is 0 Å². The monoisotopic (exact) mass is 256 g/mol. The van der Waals surface area contributed by atoms with E-state index in [0.717, 1.165) is 24.8 Å². The van der Waals surface area contributed by atoms with Crippen molar-refractivity contribution in [1.29, 1.82) is 0 Å². The van der Waals surface area contributed by atoms with Crippen molar-refractivity contribution in [2.75, 3.05) is 0 Å². The number of hydrogen-bond donors (Lipinski definition) is 2. The maximum atomic E-state index is 11.9. The highest BCUT2D eigenvalue weighted by Crippen LogP contribution is 2.20. The summed E-state index contributed by atoms with van der Waals surface area (Å²) in [6, 6.07) is 8.66. The van der Waals surface area contributed by atoms with Gasteiger partial charge in [-0.25, -0.2) is 0 Å². The van der Waals surface area contributed by atoms with Crippen molar-refractivity contribution in [1.82, 2.24) is 10.3 Å². The second-order valence-electron chi connectivity index (χ2n) is 5.41. The van der Waals surface area contributed by atoms with Gasteiger partial charge in [0.1, 0.15) is 0 Å². The molecule has 19 heavy (non-hydrogen) atoms. The van der Waals surface area contributed by atoms with Crippen molar-refractivity contribution in [3.8, 4) is 0 Å². The molecular formula is C16H20N2O. The molecular weight excluding hydrogens is 236 g/mol. The molecule has 2 aromatic rings. The predicted octanol–water partition coefficient (Wildman–Crippen LogP) is 3.16. The van der Waals surface area contributed by atoms with E-state index in [9.17, 15) is 4.79 Å². The average Bonchev–Trinajstić information content (AvgIpc) is 3.05. The molecule has 0 aliphatic heterocycles. The normalized spacial score (nSPS) is 16.0. The van der Waals surface area contributed by atoms with E-state index in [1.807, 2.05) is 18.3 Å². The Morgan fingerprint density at radius 1 is 1.26 bits per heavy atom. The number of rotatable bonds is 4. The number of amides is 1. The quantitative estimate of drug-likeness (QED) is 0.867. The second kappa shape index (κ2) is 5.47. The van der Waals surface area contributed by atoms with Crippen LogP contribution in [0, 0.1) is 0 Å². The third-order valence-corrected chi connectivity index (χ3v) is 4.02. The zero-order valence-electron chi connectivity index (χ0n) is 11.1. The number of aromatic amines is 1. The zero-order valence-corrected chi connectivity index (χ0v) is 11.1. The van der Waals surface area contributed by atoms with E-state index in [-0.39, 0.29) is 5.91 Å². The van der Waals surface area contributed by atoms with Crippen LogP contribution < -0.4 is 5.32 Å². The van der Waals surface area contributed by atoms with Gasteiger partial charge < -0.3 is 10.3 Å². The first-order chi connectivity index (χ1) is 9.33. The van der Waals surface area contributed by atoms with Gasteiger partial charge in [-0.05, 0) is 30.9 Å². The summed E-state index contributed by atoms with van der Waals surface area (Å²) in [5.74, 6) is 0.192. The number of carbonyl (C=O) groups is 1. The Morgan fingerprint density at radius 2 is 2.05 bits per heavy atom. The molecule has 3 nitrogen and oxygen atoms in total. The van der Waals surface area contributed by atoms with Crippen LogP contribution in [0.5, 0.6) is 0 Å². The number of hydrogen-bond acceptors (Lipinski definition) is 1. The molecule has 0 bridgehead atoms. The molecule has 1 aromatic carbocycles. The largest absolute Gasteiger partial charge is 0.361 e. The third kappa shape index (κ3) is 2.80. The second-order valence-corrected chi connectivity index (χ2v) is 5.41. The van der Waals surface area contributed by atoms with Crippen LogP contribution >= 0.6 is 0 Å². The van der Waals surface area contributed by atoms with E-state index in [1.165, 1.54) is 23.8 Å². The fraction of sp³-hybridized carbons (Fsp3) is 0.438. The Bertz CT molecular complexity index is 567. The Hall–Kier alpha value is -1.77. The molecule has 1 amide bonds. The first-order valence-electron chi connectivity index (χ1n) is 7.17. The Balaban J connectivity index is 1.58.